The van der Waals surface area contributed by atoms with E-state index in [0.29, 0.717) is 0 Å². The summed E-state index contributed by atoms with van der Waals surface area (Å²) in [5.74, 6) is 0. The van der Waals surface area contributed by atoms with Gasteiger partial charge in [0.05, 0.1) is 5.60 Å². The number of hydrogen-bond donors (Lipinski definition) is 1. The van der Waals surface area contributed by atoms with Crippen LogP contribution in [0, 0.1) is 5.41 Å². The molecule has 0 heterocycles. The van der Waals surface area contributed by atoms with E-state index in [4.69, 9.17) is 0 Å². The summed E-state index contributed by atoms with van der Waals surface area (Å²) in [6.45, 7) is 6.92. The average molecular weight is 248 g/mol. The molecule has 1 saturated carbocycles. The maximum Gasteiger partial charge on any atom is 0.0830 e. The number of allylic oxidation sites excluding steroid dienone is 3. The van der Waals surface area contributed by atoms with Crippen LogP contribution in [0.15, 0.2) is 23.3 Å². The fourth-order valence-corrected chi connectivity index (χ4v) is 3.58. The molecule has 2 aliphatic carbocycles. The molecule has 0 amide bonds. The average Bonchev–Trinajstić information content (AvgIpc) is 2.28. The van der Waals surface area contributed by atoms with Gasteiger partial charge in [-0.05, 0) is 50.0 Å². The highest BCUT2D eigenvalue weighted by atomic mass is 16.3. The van der Waals surface area contributed by atoms with Crippen LogP contribution in [0.5, 0.6) is 0 Å². The molecule has 1 N–H and O–H groups in total. The highest BCUT2D eigenvalue weighted by Crippen LogP contribution is 2.41. The van der Waals surface area contributed by atoms with Gasteiger partial charge in [0.1, 0.15) is 0 Å². The maximum atomic E-state index is 10.5. The van der Waals surface area contributed by atoms with Gasteiger partial charge in [-0.25, -0.2) is 0 Å². The molecule has 0 unspecified atom stereocenters. The summed E-state index contributed by atoms with van der Waals surface area (Å²) in [6, 6.07) is 0. The van der Waals surface area contributed by atoms with Crippen molar-refractivity contribution < 1.29 is 5.11 Å². The van der Waals surface area contributed by atoms with Gasteiger partial charge in [0.2, 0.25) is 0 Å². The Balaban J connectivity index is 2.16. The molecule has 0 saturated heterocycles. The lowest BCUT2D eigenvalue weighted by Crippen LogP contribution is -2.29. The van der Waals surface area contributed by atoms with E-state index >= 15 is 0 Å². The smallest absolute Gasteiger partial charge is 0.0830 e. The van der Waals surface area contributed by atoms with Crippen LogP contribution in [-0.4, -0.2) is 10.7 Å². The van der Waals surface area contributed by atoms with Crippen LogP contribution < -0.4 is 0 Å². The first-order valence-corrected chi connectivity index (χ1v) is 7.55. The van der Waals surface area contributed by atoms with E-state index in [9.17, 15) is 5.11 Å². The second kappa shape index (κ2) is 5.21. The van der Waals surface area contributed by atoms with Crippen LogP contribution >= 0.6 is 0 Å². The van der Waals surface area contributed by atoms with E-state index in [1.807, 2.05) is 0 Å². The largest absolute Gasteiger partial charge is 0.386 e. The minimum Gasteiger partial charge on any atom is -0.386 e. The van der Waals surface area contributed by atoms with Gasteiger partial charge in [-0.15, -0.1) is 0 Å². The molecule has 102 valence electrons. The molecule has 0 bridgehead atoms. The fraction of sp³-hybridized carbons (Fsp3) is 0.765. The Kier molecular flexibility index (Phi) is 4.01. The van der Waals surface area contributed by atoms with Crippen LogP contribution in [-0.2, 0) is 0 Å². The Labute approximate surface area is 112 Å². The third kappa shape index (κ3) is 3.06. The van der Waals surface area contributed by atoms with Crippen LogP contribution in [0.2, 0.25) is 0 Å². The first-order valence-electron chi connectivity index (χ1n) is 7.55. The van der Waals surface area contributed by atoms with Gasteiger partial charge in [0.15, 0.2) is 0 Å². The normalized spacial score (nSPS) is 27.8. The van der Waals surface area contributed by atoms with E-state index in [1.165, 1.54) is 49.7 Å². The Morgan fingerprint density at radius 2 is 1.67 bits per heavy atom. The zero-order valence-corrected chi connectivity index (χ0v) is 12.3. The summed E-state index contributed by atoms with van der Waals surface area (Å²) in [7, 11) is 0. The van der Waals surface area contributed by atoms with Crippen molar-refractivity contribution in [3.05, 3.63) is 23.3 Å². The monoisotopic (exact) mass is 248 g/mol. The van der Waals surface area contributed by atoms with E-state index in [2.05, 4.69) is 32.9 Å². The lowest BCUT2D eigenvalue weighted by atomic mass is 9.72. The third-order valence-electron chi connectivity index (χ3n) is 4.82. The molecule has 1 nitrogen and oxygen atoms in total. The molecule has 0 atom stereocenters. The quantitative estimate of drug-likeness (QED) is 0.746. The zero-order chi connectivity index (χ0) is 13.2. The molecule has 0 aromatic heterocycles. The second-order valence-electron chi connectivity index (χ2n) is 6.93. The highest BCUT2D eigenvalue weighted by molar-refractivity contribution is 5.33. The van der Waals surface area contributed by atoms with Crippen molar-refractivity contribution in [2.45, 2.75) is 77.7 Å². The zero-order valence-electron chi connectivity index (χ0n) is 12.3. The lowest BCUT2D eigenvalue weighted by molar-refractivity contribution is 0.0512. The van der Waals surface area contributed by atoms with Crippen LogP contribution in [0.3, 0.4) is 0 Å². The summed E-state index contributed by atoms with van der Waals surface area (Å²) >= 11 is 0. The molecule has 0 aliphatic heterocycles. The van der Waals surface area contributed by atoms with Gasteiger partial charge in [0.25, 0.3) is 0 Å². The van der Waals surface area contributed by atoms with Crippen molar-refractivity contribution in [2.24, 2.45) is 5.41 Å². The van der Waals surface area contributed by atoms with Crippen LogP contribution in [0.1, 0.15) is 72.1 Å². The fourth-order valence-electron chi connectivity index (χ4n) is 3.58. The maximum absolute atomic E-state index is 10.5. The summed E-state index contributed by atoms with van der Waals surface area (Å²) in [5.41, 5.74) is 2.73. The number of rotatable bonds is 2. The number of aliphatic hydroxyl groups is 1. The van der Waals surface area contributed by atoms with Crippen molar-refractivity contribution in [1.82, 2.24) is 0 Å². The molecule has 0 spiro atoms. The van der Waals surface area contributed by atoms with Gasteiger partial charge in [0, 0.05) is 0 Å². The molecular weight excluding hydrogens is 220 g/mol. The molecular formula is C17H28O. The topological polar surface area (TPSA) is 20.2 Å². The second-order valence-corrected chi connectivity index (χ2v) is 6.93. The van der Waals surface area contributed by atoms with Crippen molar-refractivity contribution in [2.75, 3.05) is 0 Å². The Morgan fingerprint density at radius 1 is 1.00 bits per heavy atom. The minimum atomic E-state index is -0.529. The standard InChI is InChI=1S/C17H28O/c1-14-8-7-10-16(2,3)15(14)9-13-17(18)11-5-4-6-12-17/h9,13,18H,4-8,10-12H2,1-3H3. The predicted octanol–water partition coefficient (Wildman–Crippen LogP) is 4.76. The molecule has 1 heteroatoms. The van der Waals surface area contributed by atoms with E-state index in [1.54, 1.807) is 0 Å². The molecule has 1 fully saturated rings. The van der Waals surface area contributed by atoms with Crippen molar-refractivity contribution in [3.8, 4) is 0 Å². The van der Waals surface area contributed by atoms with E-state index in [-0.39, 0.29) is 5.41 Å². The highest BCUT2D eigenvalue weighted by Gasteiger charge is 2.29. The minimum absolute atomic E-state index is 0.282. The van der Waals surface area contributed by atoms with Gasteiger partial charge >= 0.3 is 0 Å². The first-order chi connectivity index (χ1) is 8.43. The Hall–Kier alpha value is -0.560. The van der Waals surface area contributed by atoms with Crippen molar-refractivity contribution in [3.63, 3.8) is 0 Å². The lowest BCUT2D eigenvalue weighted by Gasteiger charge is -2.34. The number of hydrogen-bond acceptors (Lipinski definition) is 1. The van der Waals surface area contributed by atoms with Gasteiger partial charge in [-0.3, -0.25) is 0 Å². The molecule has 2 rings (SSSR count). The third-order valence-corrected chi connectivity index (χ3v) is 4.82. The first kappa shape index (κ1) is 13.9. The van der Waals surface area contributed by atoms with E-state index in [0.717, 1.165) is 12.8 Å². The summed E-state index contributed by atoms with van der Waals surface area (Å²) in [4.78, 5) is 0. The van der Waals surface area contributed by atoms with E-state index < -0.39 is 5.60 Å². The summed E-state index contributed by atoms with van der Waals surface area (Å²) < 4.78 is 0. The Morgan fingerprint density at radius 3 is 2.28 bits per heavy atom. The van der Waals surface area contributed by atoms with Gasteiger partial charge in [-0.2, -0.15) is 0 Å². The van der Waals surface area contributed by atoms with Crippen LogP contribution in [0.4, 0.5) is 0 Å². The Bertz CT molecular complexity index is 354. The van der Waals surface area contributed by atoms with Crippen LogP contribution in [0.25, 0.3) is 0 Å². The van der Waals surface area contributed by atoms with Crippen molar-refractivity contribution >= 4 is 0 Å². The predicted molar refractivity (Wildman–Crippen MR) is 77.5 cm³/mol. The SMILES string of the molecule is CC1=C(C=CC2(O)CCCCC2)C(C)(C)CCC1. The molecule has 18 heavy (non-hydrogen) atoms. The van der Waals surface area contributed by atoms with Crippen molar-refractivity contribution in [1.29, 1.82) is 0 Å². The summed E-state index contributed by atoms with van der Waals surface area (Å²) in [6.07, 6.45) is 13.6. The summed E-state index contributed by atoms with van der Waals surface area (Å²) in [5, 5.41) is 10.5. The molecule has 0 aromatic carbocycles. The molecule has 0 aromatic rings. The van der Waals surface area contributed by atoms with Gasteiger partial charge in [-0.1, -0.05) is 50.8 Å². The van der Waals surface area contributed by atoms with Gasteiger partial charge < -0.3 is 5.11 Å². The molecule has 2 aliphatic rings. The molecule has 0 radical (unpaired) electrons.